The first-order valence-corrected chi connectivity index (χ1v) is 10.6. The first kappa shape index (κ1) is 19.9. The van der Waals surface area contributed by atoms with Gasteiger partial charge in [-0.1, -0.05) is 12.8 Å². The van der Waals surface area contributed by atoms with Crippen LogP contribution >= 0.6 is 0 Å². The van der Waals surface area contributed by atoms with Crippen LogP contribution in [0.5, 0.6) is 0 Å². The third-order valence-corrected chi connectivity index (χ3v) is 6.11. The number of likely N-dealkylation sites (tertiary alicyclic amines) is 1. The standard InChI is InChI=1S/C23H22F3N3O2/c24-23(25,26)21-18-9-10-19-17(11-14-31-19)20(18)29(27-21)16-7-5-15(6-8-16)22(30)28-12-3-1-2-4-13-28/h5-8,11,14H,1-4,9-10,12-13H2. The van der Waals surface area contributed by atoms with Gasteiger partial charge in [0, 0.05) is 36.2 Å². The van der Waals surface area contributed by atoms with E-state index in [1.165, 1.54) is 10.9 Å². The topological polar surface area (TPSA) is 51.3 Å². The molecule has 0 unspecified atom stereocenters. The van der Waals surface area contributed by atoms with Crippen molar-refractivity contribution in [3.05, 3.63) is 59.2 Å². The van der Waals surface area contributed by atoms with E-state index >= 15 is 0 Å². The summed E-state index contributed by atoms with van der Waals surface area (Å²) in [4.78, 5) is 14.7. The lowest BCUT2D eigenvalue weighted by atomic mass is 9.94. The summed E-state index contributed by atoms with van der Waals surface area (Å²) in [7, 11) is 0. The fourth-order valence-corrected chi connectivity index (χ4v) is 4.56. The van der Waals surface area contributed by atoms with E-state index in [0.29, 0.717) is 34.7 Å². The molecule has 0 atom stereocenters. The van der Waals surface area contributed by atoms with Gasteiger partial charge in [0.15, 0.2) is 5.69 Å². The van der Waals surface area contributed by atoms with Crippen LogP contribution in [0.15, 0.2) is 41.0 Å². The van der Waals surface area contributed by atoms with Gasteiger partial charge in [-0.3, -0.25) is 4.79 Å². The number of benzene rings is 1. The number of nitrogens with zero attached hydrogens (tertiary/aromatic N) is 3. The van der Waals surface area contributed by atoms with E-state index in [9.17, 15) is 18.0 Å². The minimum Gasteiger partial charge on any atom is -0.469 e. The predicted molar refractivity (Wildman–Crippen MR) is 108 cm³/mol. The zero-order chi connectivity index (χ0) is 21.6. The fourth-order valence-electron chi connectivity index (χ4n) is 4.56. The summed E-state index contributed by atoms with van der Waals surface area (Å²) in [5, 5.41) is 3.94. The number of aromatic nitrogens is 2. The smallest absolute Gasteiger partial charge is 0.435 e. The molecule has 5 rings (SSSR count). The Bertz CT molecular complexity index is 1100. The predicted octanol–water partition coefficient (Wildman–Crippen LogP) is 5.27. The average molecular weight is 429 g/mol. The number of carbonyl (C=O) groups is 1. The van der Waals surface area contributed by atoms with Crippen LogP contribution in [-0.2, 0) is 19.0 Å². The number of rotatable bonds is 2. The van der Waals surface area contributed by atoms with Crippen molar-refractivity contribution in [2.45, 2.75) is 44.7 Å². The van der Waals surface area contributed by atoms with Crippen molar-refractivity contribution in [1.82, 2.24) is 14.7 Å². The van der Waals surface area contributed by atoms with Crippen LogP contribution < -0.4 is 0 Å². The van der Waals surface area contributed by atoms with E-state index in [0.717, 1.165) is 38.8 Å². The molecule has 1 aromatic carbocycles. The number of hydrogen-bond donors (Lipinski definition) is 0. The molecule has 0 radical (unpaired) electrons. The molecular formula is C23H22F3N3O2. The molecule has 3 aromatic rings. The lowest BCUT2D eigenvalue weighted by Gasteiger charge is -2.20. The number of amides is 1. The van der Waals surface area contributed by atoms with Gasteiger partial charge in [-0.25, -0.2) is 4.68 Å². The molecule has 162 valence electrons. The van der Waals surface area contributed by atoms with Crippen molar-refractivity contribution in [2.75, 3.05) is 13.1 Å². The third kappa shape index (κ3) is 3.54. The van der Waals surface area contributed by atoms with Crippen LogP contribution in [0.1, 0.15) is 53.1 Å². The van der Waals surface area contributed by atoms with Gasteiger partial charge in [-0.05, 0) is 49.6 Å². The highest BCUT2D eigenvalue weighted by Gasteiger charge is 2.41. The van der Waals surface area contributed by atoms with Crippen molar-refractivity contribution in [3.63, 3.8) is 0 Å². The maximum atomic E-state index is 13.7. The van der Waals surface area contributed by atoms with Gasteiger partial charge < -0.3 is 9.32 Å². The fraction of sp³-hybridized carbons (Fsp3) is 0.391. The van der Waals surface area contributed by atoms with Crippen molar-refractivity contribution >= 4 is 5.91 Å². The summed E-state index contributed by atoms with van der Waals surface area (Å²) in [6, 6.07) is 8.34. The quantitative estimate of drug-likeness (QED) is 0.558. The molecule has 8 heteroatoms. The Morgan fingerprint density at radius 1 is 0.968 bits per heavy atom. The first-order valence-electron chi connectivity index (χ1n) is 10.6. The second-order valence-electron chi connectivity index (χ2n) is 8.10. The number of fused-ring (bicyclic) bond motifs is 3. The van der Waals surface area contributed by atoms with Gasteiger partial charge in [0.1, 0.15) is 5.76 Å². The SMILES string of the molecule is O=C(c1ccc(-n2nc(C(F)(F)F)c3c2-c2ccoc2CC3)cc1)N1CCCCCC1. The van der Waals surface area contributed by atoms with Crippen LogP contribution in [0.2, 0.25) is 0 Å². The molecule has 0 saturated carbocycles. The van der Waals surface area contributed by atoms with Crippen LogP contribution in [0.4, 0.5) is 13.2 Å². The van der Waals surface area contributed by atoms with Gasteiger partial charge in [0.05, 0.1) is 17.6 Å². The highest BCUT2D eigenvalue weighted by molar-refractivity contribution is 5.94. The van der Waals surface area contributed by atoms with Gasteiger partial charge in [-0.2, -0.15) is 18.3 Å². The summed E-state index contributed by atoms with van der Waals surface area (Å²) in [5.41, 5.74) is 1.38. The molecule has 0 N–H and O–H groups in total. The highest BCUT2D eigenvalue weighted by atomic mass is 19.4. The maximum Gasteiger partial charge on any atom is 0.435 e. The zero-order valence-corrected chi connectivity index (χ0v) is 16.9. The summed E-state index contributed by atoms with van der Waals surface area (Å²) < 4.78 is 47.8. The highest BCUT2D eigenvalue weighted by Crippen LogP contribution is 2.42. The molecule has 5 nitrogen and oxygen atoms in total. The zero-order valence-electron chi connectivity index (χ0n) is 16.9. The summed E-state index contributed by atoms with van der Waals surface area (Å²) in [6.07, 6.45) is 1.83. The van der Waals surface area contributed by atoms with Crippen LogP contribution in [0.3, 0.4) is 0 Å². The molecule has 1 fully saturated rings. The second-order valence-corrected chi connectivity index (χ2v) is 8.10. The maximum absolute atomic E-state index is 13.7. The van der Waals surface area contributed by atoms with Crippen LogP contribution in [0.25, 0.3) is 16.9 Å². The van der Waals surface area contributed by atoms with Gasteiger partial charge >= 0.3 is 6.18 Å². The van der Waals surface area contributed by atoms with Crippen molar-refractivity contribution in [1.29, 1.82) is 0 Å². The van der Waals surface area contributed by atoms with E-state index in [2.05, 4.69) is 5.10 Å². The Morgan fingerprint density at radius 3 is 2.35 bits per heavy atom. The Balaban J connectivity index is 1.52. The third-order valence-electron chi connectivity index (χ3n) is 6.11. The van der Waals surface area contributed by atoms with Crippen molar-refractivity contribution in [3.8, 4) is 16.9 Å². The largest absolute Gasteiger partial charge is 0.469 e. The summed E-state index contributed by atoms with van der Waals surface area (Å²) >= 11 is 0. The average Bonchev–Trinajstić information content (AvgIpc) is 3.29. The molecule has 31 heavy (non-hydrogen) atoms. The van der Waals surface area contributed by atoms with Crippen molar-refractivity contribution in [2.24, 2.45) is 0 Å². The molecule has 1 amide bonds. The monoisotopic (exact) mass is 429 g/mol. The minimum atomic E-state index is -4.54. The number of furan rings is 1. The summed E-state index contributed by atoms with van der Waals surface area (Å²) in [5.74, 6) is 0.624. The van der Waals surface area contributed by atoms with Gasteiger partial charge in [0.25, 0.3) is 5.91 Å². The van der Waals surface area contributed by atoms with E-state index in [4.69, 9.17) is 4.42 Å². The first-order chi connectivity index (χ1) is 14.9. The van der Waals surface area contributed by atoms with Gasteiger partial charge in [-0.15, -0.1) is 0 Å². The number of alkyl halides is 3. The molecule has 2 aromatic heterocycles. The van der Waals surface area contributed by atoms with Gasteiger partial charge in [0.2, 0.25) is 0 Å². The molecule has 0 spiro atoms. The number of halogens is 3. The molecule has 0 bridgehead atoms. The van der Waals surface area contributed by atoms with Crippen LogP contribution in [0, 0.1) is 0 Å². The van der Waals surface area contributed by atoms with Crippen molar-refractivity contribution < 1.29 is 22.4 Å². The van der Waals surface area contributed by atoms with E-state index in [-0.39, 0.29) is 17.9 Å². The number of aryl methyl sites for hydroxylation is 1. The minimum absolute atomic E-state index is 0.0379. The molecular weight excluding hydrogens is 407 g/mol. The Labute approximate surface area is 177 Å². The Kier molecular flexibility index (Phi) is 4.87. The summed E-state index contributed by atoms with van der Waals surface area (Å²) in [6.45, 7) is 1.48. The number of hydrogen-bond acceptors (Lipinski definition) is 3. The molecule has 1 aliphatic heterocycles. The normalized spacial score (nSPS) is 16.5. The molecule has 2 aliphatic rings. The lowest BCUT2D eigenvalue weighted by molar-refractivity contribution is -0.142. The van der Waals surface area contributed by atoms with Crippen LogP contribution in [-0.4, -0.2) is 33.7 Å². The lowest BCUT2D eigenvalue weighted by Crippen LogP contribution is -2.31. The second kappa shape index (κ2) is 7.59. The Morgan fingerprint density at radius 2 is 1.68 bits per heavy atom. The number of carbonyl (C=O) groups excluding carboxylic acids is 1. The molecule has 1 saturated heterocycles. The van der Waals surface area contributed by atoms with E-state index < -0.39 is 11.9 Å². The van der Waals surface area contributed by atoms with E-state index in [1.54, 1.807) is 30.3 Å². The molecule has 1 aliphatic carbocycles. The molecule has 3 heterocycles. The van der Waals surface area contributed by atoms with E-state index in [1.807, 2.05) is 4.90 Å². The Hall–Kier alpha value is -3.03.